The van der Waals surface area contributed by atoms with Crippen molar-refractivity contribution in [3.63, 3.8) is 0 Å². The standard InChI is InChI=1S/C24H31N5O3/c1-16(2)21-25-23-27(22(30)17-10-12-18(13-11-17)29(31)32)20-9-5-4-8-19(20)24(28(23)26-21)14-6-3-7-15-24/h10-13,16,19-20H,3-9,14-15H2,1-2H3. The molecule has 2 unspecified atom stereocenters. The summed E-state index contributed by atoms with van der Waals surface area (Å²) < 4.78 is 2.12. The maximum atomic E-state index is 13.8. The molecule has 2 heterocycles. The number of benzene rings is 1. The Morgan fingerprint density at radius 3 is 2.44 bits per heavy atom. The van der Waals surface area contributed by atoms with Crippen LogP contribution in [0.1, 0.15) is 93.7 Å². The largest absolute Gasteiger partial charge is 0.273 e. The van der Waals surface area contributed by atoms with Crippen LogP contribution < -0.4 is 4.90 Å². The van der Waals surface area contributed by atoms with Crippen LogP contribution in [0.3, 0.4) is 0 Å². The van der Waals surface area contributed by atoms with Gasteiger partial charge in [-0.15, -0.1) is 0 Å². The molecule has 8 heteroatoms. The Hall–Kier alpha value is -2.77. The molecule has 8 nitrogen and oxygen atoms in total. The smallest absolute Gasteiger partial charge is 0.269 e. The number of nitrogens with zero attached hydrogens (tertiary/aromatic N) is 5. The molecule has 0 N–H and O–H groups in total. The molecule has 32 heavy (non-hydrogen) atoms. The lowest BCUT2D eigenvalue weighted by atomic mass is 9.64. The molecule has 2 aromatic rings. The summed E-state index contributed by atoms with van der Waals surface area (Å²) in [7, 11) is 0. The highest BCUT2D eigenvalue weighted by Crippen LogP contribution is 2.53. The van der Waals surface area contributed by atoms with Gasteiger partial charge in [-0.3, -0.25) is 19.8 Å². The average Bonchev–Trinajstić information content (AvgIpc) is 3.26. The second-order valence-electron chi connectivity index (χ2n) is 9.94. The van der Waals surface area contributed by atoms with Gasteiger partial charge < -0.3 is 0 Å². The van der Waals surface area contributed by atoms with Gasteiger partial charge in [-0.05, 0) is 37.8 Å². The molecule has 1 aliphatic heterocycles. The summed E-state index contributed by atoms with van der Waals surface area (Å²) in [6.07, 6.45) is 10.2. The van der Waals surface area contributed by atoms with Gasteiger partial charge in [0.25, 0.3) is 11.6 Å². The van der Waals surface area contributed by atoms with Crippen molar-refractivity contribution in [3.05, 3.63) is 45.8 Å². The maximum absolute atomic E-state index is 13.8. The molecule has 1 aromatic heterocycles. The fourth-order valence-corrected chi connectivity index (χ4v) is 6.22. The third kappa shape index (κ3) is 3.22. The van der Waals surface area contributed by atoms with Gasteiger partial charge in [-0.2, -0.15) is 10.1 Å². The van der Waals surface area contributed by atoms with Crippen LogP contribution >= 0.6 is 0 Å². The molecule has 2 aliphatic carbocycles. The molecule has 2 fully saturated rings. The third-order valence-corrected chi connectivity index (χ3v) is 7.77. The lowest BCUT2D eigenvalue weighted by molar-refractivity contribution is -0.384. The van der Waals surface area contributed by atoms with Crippen LogP contribution in [0.4, 0.5) is 11.6 Å². The lowest BCUT2D eigenvalue weighted by Gasteiger charge is -2.55. The van der Waals surface area contributed by atoms with E-state index in [1.54, 1.807) is 12.1 Å². The van der Waals surface area contributed by atoms with Gasteiger partial charge in [0.1, 0.15) is 0 Å². The van der Waals surface area contributed by atoms with Gasteiger partial charge in [-0.1, -0.05) is 46.0 Å². The molecule has 0 radical (unpaired) electrons. The number of hydrogen-bond donors (Lipinski definition) is 0. The molecular formula is C24H31N5O3. The number of anilines is 1. The Morgan fingerprint density at radius 1 is 1.09 bits per heavy atom. The van der Waals surface area contributed by atoms with Gasteiger partial charge in [-0.25, -0.2) is 4.68 Å². The average molecular weight is 438 g/mol. The SMILES string of the molecule is CC(C)c1nc2n(n1)C1(CCCCC1)C1CCCCC1N2C(=O)c1ccc([N+](=O)[O-])cc1. The van der Waals surface area contributed by atoms with E-state index in [1.807, 2.05) is 4.90 Å². The van der Waals surface area contributed by atoms with E-state index in [-0.39, 0.29) is 29.1 Å². The summed E-state index contributed by atoms with van der Waals surface area (Å²) in [6, 6.07) is 6.03. The number of nitro groups is 1. The van der Waals surface area contributed by atoms with E-state index in [0.717, 1.165) is 37.9 Å². The van der Waals surface area contributed by atoms with Crippen LogP contribution in [0.25, 0.3) is 0 Å². The first-order chi connectivity index (χ1) is 15.4. The molecule has 1 amide bonds. The van der Waals surface area contributed by atoms with Crippen molar-refractivity contribution in [1.82, 2.24) is 14.8 Å². The zero-order valence-corrected chi connectivity index (χ0v) is 18.9. The topological polar surface area (TPSA) is 94.2 Å². The van der Waals surface area contributed by atoms with Gasteiger partial charge in [0.2, 0.25) is 5.95 Å². The van der Waals surface area contributed by atoms with Crippen molar-refractivity contribution < 1.29 is 9.72 Å². The molecule has 5 rings (SSSR count). The van der Waals surface area contributed by atoms with Crippen LogP contribution in [0.15, 0.2) is 24.3 Å². The maximum Gasteiger partial charge on any atom is 0.269 e. The Balaban J connectivity index is 1.63. The minimum Gasteiger partial charge on any atom is -0.273 e. The van der Waals surface area contributed by atoms with Crippen molar-refractivity contribution in [2.75, 3.05) is 4.90 Å². The number of nitro benzene ring substituents is 1. The summed E-state index contributed by atoms with van der Waals surface area (Å²) in [5.41, 5.74) is 0.396. The normalized spacial score (nSPS) is 24.3. The summed E-state index contributed by atoms with van der Waals surface area (Å²) in [5.74, 6) is 1.86. The summed E-state index contributed by atoms with van der Waals surface area (Å²) in [5, 5.41) is 16.1. The number of rotatable bonds is 3. The summed E-state index contributed by atoms with van der Waals surface area (Å²) in [4.78, 5) is 31.2. The van der Waals surface area contributed by atoms with Crippen LogP contribution in [-0.4, -0.2) is 31.6 Å². The number of amides is 1. The van der Waals surface area contributed by atoms with Gasteiger partial charge in [0.05, 0.1) is 10.5 Å². The predicted octanol–water partition coefficient (Wildman–Crippen LogP) is 5.19. The van der Waals surface area contributed by atoms with E-state index >= 15 is 0 Å². The van der Waals surface area contributed by atoms with Crippen LogP contribution in [-0.2, 0) is 5.54 Å². The predicted molar refractivity (Wildman–Crippen MR) is 121 cm³/mol. The number of aromatic nitrogens is 3. The molecule has 2 saturated carbocycles. The number of fused-ring (bicyclic) bond motifs is 4. The Labute approximate surface area is 188 Å². The van der Waals surface area contributed by atoms with E-state index in [2.05, 4.69) is 18.5 Å². The Morgan fingerprint density at radius 2 is 1.78 bits per heavy atom. The molecule has 0 saturated heterocycles. The van der Waals surface area contributed by atoms with Gasteiger partial charge in [0, 0.05) is 35.6 Å². The minimum atomic E-state index is -0.440. The molecule has 0 bridgehead atoms. The fraction of sp³-hybridized carbons (Fsp3) is 0.625. The first-order valence-electron chi connectivity index (χ1n) is 12.0. The van der Waals surface area contributed by atoms with Crippen LogP contribution in [0.5, 0.6) is 0 Å². The van der Waals surface area contributed by atoms with E-state index in [0.29, 0.717) is 17.4 Å². The van der Waals surface area contributed by atoms with Crippen LogP contribution in [0, 0.1) is 16.0 Å². The number of carbonyl (C=O) groups is 1. The lowest BCUT2D eigenvalue weighted by Crippen LogP contribution is -2.61. The van der Waals surface area contributed by atoms with Crippen molar-refractivity contribution in [2.45, 2.75) is 89.1 Å². The van der Waals surface area contributed by atoms with E-state index in [9.17, 15) is 14.9 Å². The first kappa shape index (κ1) is 21.1. The van der Waals surface area contributed by atoms with E-state index in [1.165, 1.54) is 37.8 Å². The second kappa shape index (κ2) is 7.98. The number of carbonyl (C=O) groups excluding carboxylic acids is 1. The van der Waals surface area contributed by atoms with Gasteiger partial charge in [0.15, 0.2) is 5.82 Å². The first-order valence-corrected chi connectivity index (χ1v) is 12.0. The van der Waals surface area contributed by atoms with Crippen molar-refractivity contribution >= 4 is 17.5 Å². The van der Waals surface area contributed by atoms with Crippen molar-refractivity contribution in [3.8, 4) is 0 Å². The molecule has 1 spiro atoms. The summed E-state index contributed by atoms with van der Waals surface area (Å²) in [6.45, 7) is 4.18. The number of hydrogen-bond acceptors (Lipinski definition) is 5. The highest BCUT2D eigenvalue weighted by Gasteiger charge is 2.55. The number of non-ortho nitro benzene ring substituents is 1. The molecule has 2 atom stereocenters. The third-order valence-electron chi connectivity index (χ3n) is 7.77. The summed E-state index contributed by atoms with van der Waals surface area (Å²) >= 11 is 0. The second-order valence-corrected chi connectivity index (χ2v) is 9.94. The quantitative estimate of drug-likeness (QED) is 0.487. The van der Waals surface area contributed by atoms with Crippen molar-refractivity contribution in [2.24, 2.45) is 5.92 Å². The van der Waals surface area contributed by atoms with Crippen LogP contribution in [0.2, 0.25) is 0 Å². The molecule has 1 aromatic carbocycles. The monoisotopic (exact) mass is 437 g/mol. The molecule has 170 valence electrons. The molecule has 3 aliphatic rings. The van der Waals surface area contributed by atoms with E-state index < -0.39 is 4.92 Å². The highest BCUT2D eigenvalue weighted by atomic mass is 16.6. The fourth-order valence-electron chi connectivity index (χ4n) is 6.22. The highest BCUT2D eigenvalue weighted by molar-refractivity contribution is 6.06. The van der Waals surface area contributed by atoms with Gasteiger partial charge >= 0.3 is 0 Å². The van der Waals surface area contributed by atoms with Crippen molar-refractivity contribution in [1.29, 1.82) is 0 Å². The van der Waals surface area contributed by atoms with E-state index in [4.69, 9.17) is 10.1 Å². The zero-order valence-electron chi connectivity index (χ0n) is 18.9. The Bertz CT molecular complexity index is 1020. The zero-order chi connectivity index (χ0) is 22.5. The Kier molecular flexibility index (Phi) is 5.26. The minimum absolute atomic E-state index is 0.0119. The molecular weight excluding hydrogens is 406 g/mol.